The molecule has 1 aliphatic rings. The number of imide groups is 1. The molecule has 118 valence electrons. The summed E-state index contributed by atoms with van der Waals surface area (Å²) in [7, 11) is -3.83. The molecule has 0 bridgehead atoms. The summed E-state index contributed by atoms with van der Waals surface area (Å²) in [6.45, 7) is 1.28. The normalized spacial score (nSPS) is 15.6. The van der Waals surface area contributed by atoms with Crippen molar-refractivity contribution in [2.45, 2.75) is 17.3 Å². The largest absolute Gasteiger partial charge is 0.285 e. The molecule has 1 heterocycles. The van der Waals surface area contributed by atoms with E-state index in [0.717, 1.165) is 0 Å². The van der Waals surface area contributed by atoms with E-state index in [2.05, 4.69) is 0 Å². The van der Waals surface area contributed by atoms with E-state index in [0.29, 0.717) is 5.06 Å². The lowest BCUT2D eigenvalue weighted by Crippen LogP contribution is -2.36. The Balaban J connectivity index is 1.86. The quantitative estimate of drug-likeness (QED) is 0.801. The number of sulfone groups is 1. The van der Waals surface area contributed by atoms with Gasteiger partial charge in [0.25, 0.3) is 11.8 Å². The van der Waals surface area contributed by atoms with Crippen molar-refractivity contribution in [1.29, 1.82) is 0 Å². The fourth-order valence-corrected chi connectivity index (χ4v) is 3.39. The summed E-state index contributed by atoms with van der Waals surface area (Å²) >= 11 is 0. The van der Waals surface area contributed by atoms with Crippen molar-refractivity contribution in [3.05, 3.63) is 65.7 Å². The van der Waals surface area contributed by atoms with Crippen molar-refractivity contribution in [2.75, 3.05) is 0 Å². The number of hydrogen-bond donors (Lipinski definition) is 0. The fraction of sp³-hybridized carbons (Fsp3) is 0.125. The summed E-state index contributed by atoms with van der Waals surface area (Å²) in [5.74, 6) is -1.33. The van der Waals surface area contributed by atoms with Gasteiger partial charge >= 0.3 is 0 Å². The molecule has 23 heavy (non-hydrogen) atoms. The minimum atomic E-state index is -3.83. The zero-order chi connectivity index (χ0) is 16.6. The van der Waals surface area contributed by atoms with Crippen LogP contribution in [0.1, 0.15) is 27.6 Å². The van der Waals surface area contributed by atoms with Crippen molar-refractivity contribution in [2.24, 2.45) is 0 Å². The molecule has 2 aromatic rings. The molecule has 0 unspecified atom stereocenters. The highest BCUT2D eigenvalue weighted by atomic mass is 32.2. The highest BCUT2D eigenvalue weighted by Crippen LogP contribution is 2.25. The van der Waals surface area contributed by atoms with E-state index in [-0.39, 0.29) is 16.0 Å². The Bertz CT molecular complexity index is 841. The second-order valence-electron chi connectivity index (χ2n) is 4.98. The topological polar surface area (TPSA) is 80.8 Å². The molecule has 2 amide bonds. The average molecular weight is 331 g/mol. The number of carbonyl (C=O) groups is 2. The Morgan fingerprint density at radius 2 is 1.35 bits per heavy atom. The summed E-state index contributed by atoms with van der Waals surface area (Å²) in [5.41, 5.74) is -0.990. The van der Waals surface area contributed by atoms with Gasteiger partial charge < -0.3 is 0 Å². The number of amides is 2. The number of hydrogen-bond acceptors (Lipinski definition) is 5. The summed E-state index contributed by atoms with van der Waals surface area (Å²) in [4.78, 5) is 29.6. The van der Waals surface area contributed by atoms with Crippen LogP contribution in [0.3, 0.4) is 0 Å². The molecule has 0 fully saturated rings. The van der Waals surface area contributed by atoms with Crippen LogP contribution in [0.2, 0.25) is 0 Å². The van der Waals surface area contributed by atoms with Crippen molar-refractivity contribution >= 4 is 21.7 Å². The molecule has 7 heteroatoms. The van der Waals surface area contributed by atoms with Crippen molar-refractivity contribution < 1.29 is 22.8 Å². The molecule has 0 saturated heterocycles. The van der Waals surface area contributed by atoms with E-state index in [1.807, 2.05) is 0 Å². The van der Waals surface area contributed by atoms with Crippen LogP contribution in [-0.4, -0.2) is 30.7 Å². The minimum Gasteiger partial charge on any atom is -0.266 e. The zero-order valence-electron chi connectivity index (χ0n) is 12.2. The lowest BCUT2D eigenvalue weighted by molar-refractivity contribution is -0.100. The van der Waals surface area contributed by atoms with Crippen LogP contribution in [0.25, 0.3) is 0 Å². The smallest absolute Gasteiger partial charge is 0.266 e. The number of hydroxylamine groups is 2. The Morgan fingerprint density at radius 3 is 1.87 bits per heavy atom. The van der Waals surface area contributed by atoms with E-state index in [9.17, 15) is 18.0 Å². The van der Waals surface area contributed by atoms with Crippen molar-refractivity contribution in [3.63, 3.8) is 0 Å². The Labute approximate surface area is 133 Å². The Hall–Kier alpha value is -2.51. The van der Waals surface area contributed by atoms with Gasteiger partial charge in [0.15, 0.2) is 5.44 Å². The molecule has 3 rings (SSSR count). The lowest BCUT2D eigenvalue weighted by Gasteiger charge is -2.19. The van der Waals surface area contributed by atoms with E-state index in [1.54, 1.807) is 30.3 Å². The van der Waals surface area contributed by atoms with Gasteiger partial charge in [0.2, 0.25) is 9.84 Å². The zero-order valence-corrected chi connectivity index (χ0v) is 13.0. The van der Waals surface area contributed by atoms with Crippen LogP contribution >= 0.6 is 0 Å². The second-order valence-corrected chi connectivity index (χ2v) is 7.21. The van der Waals surface area contributed by atoms with Gasteiger partial charge in [-0.25, -0.2) is 13.3 Å². The van der Waals surface area contributed by atoms with E-state index >= 15 is 0 Å². The summed E-state index contributed by atoms with van der Waals surface area (Å²) in [5, 5.41) is 0.510. The number of fused-ring (bicyclic) bond motifs is 1. The maximum atomic E-state index is 12.4. The number of carbonyl (C=O) groups excluding carboxylic acids is 2. The predicted octanol–water partition coefficient (Wildman–Crippen LogP) is 2.03. The Kier molecular flexibility index (Phi) is 3.75. The molecule has 0 aliphatic carbocycles. The molecular formula is C16H13NO5S. The monoisotopic (exact) mass is 331 g/mol. The average Bonchev–Trinajstić information content (AvgIpc) is 2.81. The van der Waals surface area contributed by atoms with Crippen LogP contribution in [0.5, 0.6) is 0 Å². The van der Waals surface area contributed by atoms with Crippen molar-refractivity contribution in [1.82, 2.24) is 5.06 Å². The van der Waals surface area contributed by atoms with Gasteiger partial charge in [-0.05, 0) is 31.2 Å². The molecule has 0 spiro atoms. The van der Waals surface area contributed by atoms with Crippen molar-refractivity contribution in [3.8, 4) is 0 Å². The lowest BCUT2D eigenvalue weighted by atomic mass is 10.1. The van der Waals surface area contributed by atoms with Gasteiger partial charge in [-0.1, -0.05) is 30.3 Å². The molecule has 2 aromatic carbocycles. The molecular weight excluding hydrogens is 318 g/mol. The summed E-state index contributed by atoms with van der Waals surface area (Å²) < 4.78 is 24.9. The number of nitrogens with zero attached hydrogens (tertiary/aromatic N) is 1. The van der Waals surface area contributed by atoms with Crippen LogP contribution in [0.4, 0.5) is 0 Å². The van der Waals surface area contributed by atoms with Gasteiger partial charge in [0.05, 0.1) is 16.0 Å². The first-order chi connectivity index (χ1) is 10.9. The van der Waals surface area contributed by atoms with Crippen LogP contribution in [0, 0.1) is 0 Å². The first kappa shape index (κ1) is 15.4. The van der Waals surface area contributed by atoms with Gasteiger partial charge in [-0.3, -0.25) is 9.59 Å². The van der Waals surface area contributed by atoms with E-state index in [4.69, 9.17) is 4.84 Å². The second kappa shape index (κ2) is 5.60. The highest BCUT2D eigenvalue weighted by Gasteiger charge is 2.39. The molecule has 6 nitrogen and oxygen atoms in total. The molecule has 1 atom stereocenters. The van der Waals surface area contributed by atoms with E-state index < -0.39 is 27.1 Å². The third-order valence-corrected chi connectivity index (χ3v) is 5.41. The third kappa shape index (κ3) is 2.54. The standard InChI is InChI=1S/C16H13NO5S/c1-11(23(20,21)12-7-3-2-4-8-12)22-17-15(18)13-9-5-6-10-14(13)16(17)19/h2-11H,1H3/t11-/m0/s1. The summed E-state index contributed by atoms with van der Waals surface area (Å²) in [6, 6.07) is 14.0. The molecule has 0 N–H and O–H groups in total. The van der Waals surface area contributed by atoms with E-state index in [1.165, 1.54) is 31.2 Å². The number of benzene rings is 2. The van der Waals surface area contributed by atoms with Gasteiger partial charge in [0.1, 0.15) is 0 Å². The SMILES string of the molecule is C[C@@H](ON1C(=O)c2ccccc2C1=O)S(=O)(=O)c1ccccc1. The summed E-state index contributed by atoms with van der Waals surface area (Å²) in [6.07, 6.45) is 0. The third-order valence-electron chi connectivity index (χ3n) is 3.52. The Morgan fingerprint density at radius 1 is 0.870 bits per heavy atom. The van der Waals surface area contributed by atoms with Crippen LogP contribution < -0.4 is 0 Å². The fourth-order valence-electron chi connectivity index (χ4n) is 2.27. The highest BCUT2D eigenvalue weighted by molar-refractivity contribution is 7.91. The minimum absolute atomic E-state index is 0.0594. The van der Waals surface area contributed by atoms with Gasteiger partial charge in [-0.2, -0.15) is 0 Å². The molecule has 0 radical (unpaired) electrons. The molecule has 1 aliphatic heterocycles. The first-order valence-electron chi connectivity index (χ1n) is 6.86. The maximum Gasteiger partial charge on any atom is 0.285 e. The van der Waals surface area contributed by atoms with Gasteiger partial charge in [-0.15, -0.1) is 5.06 Å². The maximum absolute atomic E-state index is 12.4. The molecule has 0 aromatic heterocycles. The van der Waals surface area contributed by atoms with Crippen LogP contribution in [0.15, 0.2) is 59.5 Å². The molecule has 0 saturated carbocycles. The first-order valence-corrected chi connectivity index (χ1v) is 8.41. The number of rotatable bonds is 4. The predicted molar refractivity (Wildman–Crippen MR) is 81.1 cm³/mol. The van der Waals surface area contributed by atoms with Crippen LogP contribution in [-0.2, 0) is 14.7 Å². The van der Waals surface area contributed by atoms with Gasteiger partial charge in [0, 0.05) is 0 Å².